The van der Waals surface area contributed by atoms with Crippen molar-refractivity contribution in [1.82, 2.24) is 19.9 Å². The van der Waals surface area contributed by atoms with Crippen molar-refractivity contribution in [3.63, 3.8) is 0 Å². The quantitative estimate of drug-likeness (QED) is 0.201. The lowest BCUT2D eigenvalue weighted by Gasteiger charge is -2.44. The molecule has 2 aliphatic rings. The number of anilines is 2. The number of likely N-dealkylation sites (tertiary alicyclic amines) is 1. The number of rotatable bonds is 6. The average Bonchev–Trinajstić information content (AvgIpc) is 3.28. The number of hydrogen-bond donors (Lipinski definition) is 2. The number of amides is 3. The van der Waals surface area contributed by atoms with Crippen LogP contribution in [0, 0.1) is 0 Å². The Labute approximate surface area is 273 Å². The Balaban J connectivity index is 1.25. The van der Waals surface area contributed by atoms with Crippen molar-refractivity contribution in [3.8, 4) is 22.6 Å². The number of pyridine rings is 3. The molecule has 10 nitrogen and oxygen atoms in total. The van der Waals surface area contributed by atoms with Crippen LogP contribution >= 0.6 is 15.9 Å². The van der Waals surface area contributed by atoms with Gasteiger partial charge in [0.1, 0.15) is 22.9 Å². The van der Waals surface area contributed by atoms with E-state index in [2.05, 4.69) is 35.8 Å². The first-order chi connectivity index (χ1) is 22.4. The summed E-state index contributed by atoms with van der Waals surface area (Å²) in [5, 5.41) is 20.6. The van der Waals surface area contributed by atoms with Crippen LogP contribution in [0.2, 0.25) is 0 Å². The minimum atomic E-state index is -1.25. The van der Waals surface area contributed by atoms with Gasteiger partial charge in [-0.1, -0.05) is 42.5 Å². The molecule has 0 radical (unpaired) electrons. The van der Waals surface area contributed by atoms with Gasteiger partial charge < -0.3 is 10.2 Å². The van der Waals surface area contributed by atoms with Gasteiger partial charge in [0.05, 0.1) is 23.1 Å². The molecule has 2 aliphatic heterocycles. The van der Waals surface area contributed by atoms with Gasteiger partial charge in [-0.3, -0.25) is 24.6 Å². The number of aromatic hydroxyl groups is 2. The van der Waals surface area contributed by atoms with Gasteiger partial charge in [-0.25, -0.2) is 14.7 Å². The number of carbonyl (C=O) groups is 2. The first-order valence-corrected chi connectivity index (χ1v) is 15.6. The largest absolute Gasteiger partial charge is 0.508 e. The van der Waals surface area contributed by atoms with E-state index in [9.17, 15) is 19.8 Å². The summed E-state index contributed by atoms with van der Waals surface area (Å²) in [5.41, 5.74) is 2.53. The van der Waals surface area contributed by atoms with Crippen LogP contribution in [0.15, 0.2) is 114 Å². The predicted octanol–water partition coefficient (Wildman–Crippen LogP) is 6.31. The lowest BCUT2D eigenvalue weighted by Crippen LogP contribution is -2.57. The number of hydrogen-bond acceptors (Lipinski definition) is 8. The fourth-order valence-electron chi connectivity index (χ4n) is 6.46. The van der Waals surface area contributed by atoms with Crippen LogP contribution in [-0.4, -0.2) is 60.6 Å². The maximum atomic E-state index is 14.5. The van der Waals surface area contributed by atoms with Crippen LogP contribution in [0.3, 0.4) is 0 Å². The molecule has 0 saturated carbocycles. The number of halogens is 1. The molecule has 3 aromatic heterocycles. The van der Waals surface area contributed by atoms with E-state index in [4.69, 9.17) is 0 Å². The number of nitrogens with zero attached hydrogens (tertiary/aromatic N) is 6. The van der Waals surface area contributed by atoms with Crippen molar-refractivity contribution in [2.45, 2.75) is 24.4 Å². The minimum Gasteiger partial charge on any atom is -0.508 e. The van der Waals surface area contributed by atoms with Gasteiger partial charge in [-0.15, -0.1) is 0 Å². The minimum absolute atomic E-state index is 0.0569. The summed E-state index contributed by atoms with van der Waals surface area (Å²) in [6.07, 6.45) is 5.25. The maximum absolute atomic E-state index is 14.5. The number of carbonyl (C=O) groups excluding carboxylic acids is 2. The lowest BCUT2D eigenvalue weighted by molar-refractivity contribution is -0.123. The molecular formula is C35H29BrN6O4. The number of piperidine rings is 1. The fourth-order valence-corrected chi connectivity index (χ4v) is 6.93. The lowest BCUT2D eigenvalue weighted by atomic mass is 9.84. The topological polar surface area (TPSA) is 123 Å². The van der Waals surface area contributed by atoms with Gasteiger partial charge in [-0.05, 0) is 76.3 Å². The molecule has 3 amide bonds. The van der Waals surface area contributed by atoms with Crippen molar-refractivity contribution in [3.05, 3.63) is 125 Å². The van der Waals surface area contributed by atoms with E-state index in [0.29, 0.717) is 24.5 Å². The second-order valence-corrected chi connectivity index (χ2v) is 12.2. The molecule has 2 aromatic carbocycles. The molecule has 1 spiro atoms. The van der Waals surface area contributed by atoms with Crippen molar-refractivity contribution in [2.75, 3.05) is 22.9 Å². The first-order valence-electron chi connectivity index (χ1n) is 14.8. The molecule has 5 heterocycles. The van der Waals surface area contributed by atoms with Crippen LogP contribution in [0.5, 0.6) is 11.5 Å². The van der Waals surface area contributed by atoms with Crippen LogP contribution in [-0.2, 0) is 4.79 Å². The summed E-state index contributed by atoms with van der Waals surface area (Å²) >= 11 is 3.63. The molecule has 230 valence electrons. The molecule has 11 heteroatoms. The Morgan fingerprint density at radius 1 is 0.739 bits per heavy atom. The highest BCUT2D eigenvalue weighted by Crippen LogP contribution is 2.45. The molecule has 2 fully saturated rings. The molecule has 46 heavy (non-hydrogen) atoms. The Hall–Kier alpha value is -5.13. The Bertz CT molecular complexity index is 1910. The highest BCUT2D eigenvalue weighted by molar-refractivity contribution is 9.10. The summed E-state index contributed by atoms with van der Waals surface area (Å²) in [4.78, 5) is 47.2. The fraction of sp³-hybridized carbons (Fsp3) is 0.171. The van der Waals surface area contributed by atoms with Crippen molar-refractivity contribution in [1.29, 1.82) is 0 Å². The molecule has 7 rings (SSSR count). The van der Waals surface area contributed by atoms with E-state index in [-0.39, 0.29) is 36.1 Å². The van der Waals surface area contributed by atoms with E-state index in [0.717, 1.165) is 21.3 Å². The summed E-state index contributed by atoms with van der Waals surface area (Å²) in [6, 6.07) is 26.0. The van der Waals surface area contributed by atoms with Crippen LogP contribution in [0.1, 0.15) is 30.3 Å². The smallest absolute Gasteiger partial charge is 0.338 e. The zero-order valence-electron chi connectivity index (χ0n) is 24.6. The predicted molar refractivity (Wildman–Crippen MR) is 176 cm³/mol. The highest BCUT2D eigenvalue weighted by atomic mass is 79.9. The van der Waals surface area contributed by atoms with Gasteiger partial charge >= 0.3 is 6.03 Å². The molecule has 0 aliphatic carbocycles. The zero-order chi connectivity index (χ0) is 31.8. The van der Waals surface area contributed by atoms with Crippen LogP contribution < -0.4 is 9.80 Å². The van der Waals surface area contributed by atoms with Crippen molar-refractivity contribution < 1.29 is 19.8 Å². The van der Waals surface area contributed by atoms with Gasteiger partial charge in [0, 0.05) is 48.3 Å². The molecule has 0 bridgehead atoms. The number of urea groups is 1. The molecule has 2 N–H and O–H groups in total. The van der Waals surface area contributed by atoms with Gasteiger partial charge in [0.15, 0.2) is 0 Å². The van der Waals surface area contributed by atoms with Crippen LogP contribution in [0.25, 0.3) is 11.1 Å². The zero-order valence-corrected chi connectivity index (χ0v) is 26.2. The second kappa shape index (κ2) is 12.0. The Kier molecular flexibility index (Phi) is 7.71. The summed E-state index contributed by atoms with van der Waals surface area (Å²) in [5.74, 6) is -0.115. The Morgan fingerprint density at radius 3 is 2.09 bits per heavy atom. The molecule has 1 atom stereocenters. The number of aromatic nitrogens is 3. The standard InChI is InChI=1S/C35H29BrN6O4/c36-28-7-4-16-39-31(28)32(29-21-26(43)12-17-37-29)40-19-14-35(15-20-40)33(45)41(34(46)42(35)30-22-27(44)13-18-38-30)25-10-8-24(9-11-25)23-5-2-1-3-6-23/h1-13,16-18,21-22,32H,14-15,19-20H2,(H,37,43)(H,38,44). The third kappa shape index (κ3) is 5.17. The number of benzene rings is 2. The normalized spacial score (nSPS) is 17.1. The monoisotopic (exact) mass is 676 g/mol. The highest BCUT2D eigenvalue weighted by Gasteiger charge is 2.60. The van der Waals surface area contributed by atoms with E-state index in [1.165, 1.54) is 34.2 Å². The van der Waals surface area contributed by atoms with E-state index in [1.54, 1.807) is 30.6 Å². The van der Waals surface area contributed by atoms with E-state index in [1.807, 2.05) is 54.6 Å². The number of imide groups is 1. The van der Waals surface area contributed by atoms with Gasteiger partial charge in [0.25, 0.3) is 5.91 Å². The SMILES string of the molecule is O=C1N(c2ccc(-c3ccccc3)cc2)C(=O)C2(CCN(C(c3cc(O)ccn3)c3ncccc3Br)CC2)N1c1cc(O)ccn1. The molecule has 2 saturated heterocycles. The second-order valence-electron chi connectivity index (χ2n) is 11.3. The van der Waals surface area contributed by atoms with Crippen LogP contribution in [0.4, 0.5) is 16.3 Å². The van der Waals surface area contributed by atoms with Crippen molar-refractivity contribution in [2.24, 2.45) is 0 Å². The Morgan fingerprint density at radius 2 is 1.41 bits per heavy atom. The van der Waals surface area contributed by atoms with Gasteiger partial charge in [0.2, 0.25) is 0 Å². The molecule has 1 unspecified atom stereocenters. The summed E-state index contributed by atoms with van der Waals surface area (Å²) in [7, 11) is 0. The van der Waals surface area contributed by atoms with E-state index >= 15 is 0 Å². The summed E-state index contributed by atoms with van der Waals surface area (Å²) in [6.45, 7) is 0.806. The van der Waals surface area contributed by atoms with E-state index < -0.39 is 17.6 Å². The maximum Gasteiger partial charge on any atom is 0.338 e. The molecule has 5 aromatic rings. The average molecular weight is 678 g/mol. The third-order valence-corrected chi connectivity index (χ3v) is 9.35. The third-order valence-electron chi connectivity index (χ3n) is 8.68. The van der Waals surface area contributed by atoms with Gasteiger partial charge in [-0.2, -0.15) is 0 Å². The first kappa shape index (κ1) is 29.6. The summed E-state index contributed by atoms with van der Waals surface area (Å²) < 4.78 is 0.785. The molecular weight excluding hydrogens is 648 g/mol. The van der Waals surface area contributed by atoms with Crippen molar-refractivity contribution >= 4 is 39.4 Å².